The van der Waals surface area contributed by atoms with E-state index in [1.165, 1.54) is 4.90 Å². The van der Waals surface area contributed by atoms with Gasteiger partial charge >= 0.3 is 0 Å². The van der Waals surface area contributed by atoms with Crippen molar-refractivity contribution in [2.45, 2.75) is 20.4 Å². The molecule has 150 valence electrons. The van der Waals surface area contributed by atoms with E-state index >= 15 is 0 Å². The number of hydrogen-bond donors (Lipinski definition) is 1. The molecule has 5 heteroatoms. The van der Waals surface area contributed by atoms with Crippen LogP contribution in [0.15, 0.2) is 78.5 Å². The lowest BCUT2D eigenvalue weighted by atomic mass is 10.0. The van der Waals surface area contributed by atoms with Crippen LogP contribution >= 0.6 is 11.6 Å². The van der Waals surface area contributed by atoms with E-state index in [-0.39, 0.29) is 18.4 Å². The first-order valence-electron chi connectivity index (χ1n) is 9.68. The summed E-state index contributed by atoms with van der Waals surface area (Å²) in [6.45, 7) is 4.15. The summed E-state index contributed by atoms with van der Waals surface area (Å²) in [7, 11) is 0. The lowest BCUT2D eigenvalue weighted by Gasteiger charge is -2.15. The van der Waals surface area contributed by atoms with Gasteiger partial charge in [-0.1, -0.05) is 65.7 Å². The number of aryl methyl sites for hydroxylation is 2. The van der Waals surface area contributed by atoms with Gasteiger partial charge in [0.15, 0.2) is 0 Å². The molecule has 30 heavy (non-hydrogen) atoms. The third-order valence-corrected chi connectivity index (χ3v) is 5.30. The number of hydrogen-bond acceptors (Lipinski definition) is 3. The molecule has 1 heterocycles. The Bertz CT molecular complexity index is 1150. The van der Waals surface area contributed by atoms with Gasteiger partial charge in [-0.05, 0) is 54.8 Å². The number of carbonyl (C=O) groups excluding carboxylic acids is 2. The Morgan fingerprint density at radius 3 is 2.20 bits per heavy atom. The fraction of sp³-hybridized carbons (Fsp3) is 0.120. The van der Waals surface area contributed by atoms with Crippen molar-refractivity contribution < 1.29 is 9.59 Å². The molecule has 0 atom stereocenters. The van der Waals surface area contributed by atoms with Gasteiger partial charge in [-0.25, -0.2) is 0 Å². The first kappa shape index (κ1) is 19.9. The Balaban J connectivity index is 1.73. The number of imide groups is 1. The molecule has 0 bridgehead atoms. The number of nitrogens with one attached hydrogen (secondary N) is 1. The quantitative estimate of drug-likeness (QED) is 0.570. The molecule has 3 aromatic carbocycles. The molecule has 0 radical (unpaired) electrons. The molecule has 0 saturated heterocycles. The van der Waals surface area contributed by atoms with Gasteiger partial charge in [0.2, 0.25) is 0 Å². The second kappa shape index (κ2) is 8.17. The van der Waals surface area contributed by atoms with Crippen molar-refractivity contribution in [3.63, 3.8) is 0 Å². The molecule has 0 saturated carbocycles. The first-order chi connectivity index (χ1) is 14.4. The first-order valence-corrected chi connectivity index (χ1v) is 10.1. The molecule has 2 amide bonds. The average molecular weight is 417 g/mol. The Morgan fingerprint density at radius 1 is 0.833 bits per heavy atom. The molecule has 4 nitrogen and oxygen atoms in total. The smallest absolute Gasteiger partial charge is 0.278 e. The molecule has 0 fully saturated rings. The maximum Gasteiger partial charge on any atom is 0.278 e. The van der Waals surface area contributed by atoms with E-state index in [1.807, 2.05) is 74.5 Å². The average Bonchev–Trinajstić information content (AvgIpc) is 2.95. The van der Waals surface area contributed by atoms with Gasteiger partial charge in [-0.15, -0.1) is 0 Å². The van der Waals surface area contributed by atoms with Crippen LogP contribution in [-0.4, -0.2) is 16.7 Å². The minimum absolute atomic E-state index is 0.184. The Kier molecular flexibility index (Phi) is 5.42. The normalized spacial score (nSPS) is 13.9. The molecule has 1 aliphatic rings. The standard InChI is InChI=1S/C25H21ClN2O2/c1-16-6-10-19(11-7-16)22-23(27-21-5-3-4-17(2)14-21)25(30)28(24(22)29)15-18-8-12-20(26)13-9-18/h3-14,27H,15H2,1-2H3. The van der Waals surface area contributed by atoms with Gasteiger partial charge in [0.1, 0.15) is 5.70 Å². The van der Waals surface area contributed by atoms with E-state index in [4.69, 9.17) is 11.6 Å². The van der Waals surface area contributed by atoms with Crippen molar-refractivity contribution in [1.82, 2.24) is 4.90 Å². The van der Waals surface area contributed by atoms with Crippen LogP contribution in [0.25, 0.3) is 5.57 Å². The molecule has 4 rings (SSSR count). The fourth-order valence-electron chi connectivity index (χ4n) is 3.46. The van der Waals surface area contributed by atoms with Crippen molar-refractivity contribution >= 4 is 34.7 Å². The van der Waals surface area contributed by atoms with E-state index in [0.717, 1.165) is 22.4 Å². The molecule has 0 aliphatic carbocycles. The monoisotopic (exact) mass is 416 g/mol. The van der Waals surface area contributed by atoms with Crippen LogP contribution in [0.3, 0.4) is 0 Å². The lowest BCUT2D eigenvalue weighted by molar-refractivity contribution is -0.137. The number of benzene rings is 3. The van der Waals surface area contributed by atoms with Crippen molar-refractivity contribution in [3.8, 4) is 0 Å². The highest BCUT2D eigenvalue weighted by Gasteiger charge is 2.39. The summed E-state index contributed by atoms with van der Waals surface area (Å²) in [5, 5.41) is 3.81. The third-order valence-electron chi connectivity index (χ3n) is 5.05. The van der Waals surface area contributed by atoms with E-state index in [0.29, 0.717) is 21.9 Å². The van der Waals surface area contributed by atoms with Crippen LogP contribution in [0.4, 0.5) is 5.69 Å². The summed E-state index contributed by atoms with van der Waals surface area (Å²) in [5.41, 5.74) is 5.14. The largest absolute Gasteiger partial charge is 0.350 e. The van der Waals surface area contributed by atoms with Gasteiger partial charge in [-0.3, -0.25) is 14.5 Å². The number of nitrogens with zero attached hydrogens (tertiary/aromatic N) is 1. The minimum atomic E-state index is -0.341. The highest BCUT2D eigenvalue weighted by molar-refractivity contribution is 6.36. The van der Waals surface area contributed by atoms with E-state index in [2.05, 4.69) is 5.32 Å². The zero-order valence-electron chi connectivity index (χ0n) is 16.8. The molecular weight excluding hydrogens is 396 g/mol. The second-order valence-corrected chi connectivity index (χ2v) is 7.87. The maximum atomic E-state index is 13.3. The van der Waals surface area contributed by atoms with Crippen LogP contribution < -0.4 is 5.32 Å². The molecule has 0 aromatic heterocycles. The van der Waals surface area contributed by atoms with E-state index < -0.39 is 0 Å². The van der Waals surface area contributed by atoms with E-state index in [1.54, 1.807) is 12.1 Å². The van der Waals surface area contributed by atoms with Crippen LogP contribution in [0.2, 0.25) is 5.02 Å². The molecule has 3 aromatic rings. The number of amides is 2. The zero-order valence-corrected chi connectivity index (χ0v) is 17.5. The van der Waals surface area contributed by atoms with Crippen LogP contribution in [0.5, 0.6) is 0 Å². The number of anilines is 1. The van der Waals surface area contributed by atoms with Crippen molar-refractivity contribution in [3.05, 3.63) is 106 Å². The zero-order chi connectivity index (χ0) is 21.3. The molecule has 1 aliphatic heterocycles. The van der Waals surface area contributed by atoms with Crippen LogP contribution in [-0.2, 0) is 16.1 Å². The summed E-state index contributed by atoms with van der Waals surface area (Å²) >= 11 is 5.96. The van der Waals surface area contributed by atoms with Gasteiger partial charge < -0.3 is 5.32 Å². The number of halogens is 1. The Hall–Kier alpha value is -3.37. The predicted molar refractivity (Wildman–Crippen MR) is 120 cm³/mol. The van der Waals surface area contributed by atoms with Gasteiger partial charge in [0, 0.05) is 10.7 Å². The van der Waals surface area contributed by atoms with Crippen molar-refractivity contribution in [2.75, 3.05) is 5.32 Å². The minimum Gasteiger partial charge on any atom is -0.350 e. The molecular formula is C25H21ClN2O2. The van der Waals surface area contributed by atoms with Crippen LogP contribution in [0, 0.1) is 13.8 Å². The second-order valence-electron chi connectivity index (χ2n) is 7.43. The molecule has 0 unspecified atom stereocenters. The molecule has 1 N–H and O–H groups in total. The Morgan fingerprint density at radius 2 is 1.53 bits per heavy atom. The van der Waals surface area contributed by atoms with Gasteiger partial charge in [0.05, 0.1) is 12.1 Å². The highest BCUT2D eigenvalue weighted by atomic mass is 35.5. The summed E-state index contributed by atoms with van der Waals surface area (Å²) < 4.78 is 0. The summed E-state index contributed by atoms with van der Waals surface area (Å²) in [6, 6.07) is 22.5. The maximum absolute atomic E-state index is 13.3. The number of rotatable bonds is 5. The van der Waals surface area contributed by atoms with E-state index in [9.17, 15) is 9.59 Å². The van der Waals surface area contributed by atoms with Crippen molar-refractivity contribution in [2.24, 2.45) is 0 Å². The lowest BCUT2D eigenvalue weighted by Crippen LogP contribution is -2.32. The van der Waals surface area contributed by atoms with Crippen LogP contribution in [0.1, 0.15) is 22.3 Å². The third kappa shape index (κ3) is 4.00. The predicted octanol–water partition coefficient (Wildman–Crippen LogP) is 5.35. The van der Waals surface area contributed by atoms with Crippen molar-refractivity contribution in [1.29, 1.82) is 0 Å². The van der Waals surface area contributed by atoms with Gasteiger partial charge in [-0.2, -0.15) is 0 Å². The van der Waals surface area contributed by atoms with Gasteiger partial charge in [0.25, 0.3) is 11.8 Å². The fourth-order valence-corrected chi connectivity index (χ4v) is 3.59. The summed E-state index contributed by atoms with van der Waals surface area (Å²) in [4.78, 5) is 27.9. The highest BCUT2D eigenvalue weighted by Crippen LogP contribution is 2.32. The summed E-state index contributed by atoms with van der Waals surface area (Å²) in [5.74, 6) is -0.652. The Labute approximate surface area is 180 Å². The molecule has 0 spiro atoms. The number of carbonyl (C=O) groups is 2. The SMILES string of the molecule is Cc1ccc(C2=C(Nc3cccc(C)c3)C(=O)N(Cc3ccc(Cl)cc3)C2=O)cc1. The topological polar surface area (TPSA) is 49.4 Å². The summed E-state index contributed by atoms with van der Waals surface area (Å²) in [6.07, 6.45) is 0.